The number of hydrogen-bond donors (Lipinski definition) is 3. The van der Waals surface area contributed by atoms with Crippen LogP contribution in [-0.4, -0.2) is 11.8 Å². The van der Waals surface area contributed by atoms with Crippen LogP contribution in [0.2, 0.25) is 0 Å². The van der Waals surface area contributed by atoms with Crippen LogP contribution in [0.15, 0.2) is 48.5 Å². The van der Waals surface area contributed by atoms with Gasteiger partial charge in [0.1, 0.15) is 0 Å². The van der Waals surface area contributed by atoms with Gasteiger partial charge >= 0.3 is 0 Å². The molecule has 0 saturated carbocycles. The van der Waals surface area contributed by atoms with Crippen molar-refractivity contribution in [2.75, 3.05) is 5.73 Å². The van der Waals surface area contributed by atoms with Crippen molar-refractivity contribution in [3.05, 3.63) is 65.2 Å². The van der Waals surface area contributed by atoms with E-state index in [1.807, 2.05) is 13.0 Å². The molecule has 0 bridgehead atoms. The lowest BCUT2D eigenvalue weighted by Crippen LogP contribution is -2.41. The van der Waals surface area contributed by atoms with Gasteiger partial charge in [0.2, 0.25) is 0 Å². The fourth-order valence-electron chi connectivity index (χ4n) is 1.68. The van der Waals surface area contributed by atoms with Crippen LogP contribution in [0.25, 0.3) is 0 Å². The first-order valence-corrected chi connectivity index (χ1v) is 6.09. The molecule has 5 heteroatoms. The van der Waals surface area contributed by atoms with E-state index in [4.69, 9.17) is 5.73 Å². The Morgan fingerprint density at radius 3 is 2.10 bits per heavy atom. The Hall–Kier alpha value is -2.82. The predicted octanol–water partition coefficient (Wildman–Crippen LogP) is 1.65. The molecule has 0 heterocycles. The molecule has 0 aliphatic rings. The van der Waals surface area contributed by atoms with Gasteiger partial charge in [0, 0.05) is 16.8 Å². The maximum atomic E-state index is 11.8. The molecular formula is C15H15N3O2. The van der Waals surface area contributed by atoms with E-state index in [2.05, 4.69) is 10.9 Å². The van der Waals surface area contributed by atoms with Crippen LogP contribution < -0.4 is 16.6 Å². The molecule has 2 aromatic rings. The minimum Gasteiger partial charge on any atom is -0.399 e. The van der Waals surface area contributed by atoms with Gasteiger partial charge in [0.15, 0.2) is 0 Å². The Morgan fingerprint density at radius 2 is 1.50 bits per heavy atom. The van der Waals surface area contributed by atoms with Gasteiger partial charge in [0.05, 0.1) is 0 Å². The summed E-state index contributed by atoms with van der Waals surface area (Å²) in [6.07, 6.45) is 0. The first-order chi connectivity index (χ1) is 9.56. The zero-order valence-electron chi connectivity index (χ0n) is 11.0. The number of anilines is 1. The fraction of sp³-hybridized carbons (Fsp3) is 0.0667. The van der Waals surface area contributed by atoms with Crippen LogP contribution in [0, 0.1) is 6.92 Å². The summed E-state index contributed by atoms with van der Waals surface area (Å²) in [4.78, 5) is 23.6. The minimum absolute atomic E-state index is 0.363. The maximum Gasteiger partial charge on any atom is 0.269 e. The molecular weight excluding hydrogens is 254 g/mol. The zero-order chi connectivity index (χ0) is 14.5. The topological polar surface area (TPSA) is 84.2 Å². The largest absolute Gasteiger partial charge is 0.399 e. The molecule has 0 spiro atoms. The second kappa shape index (κ2) is 5.88. The van der Waals surface area contributed by atoms with Gasteiger partial charge in [-0.25, -0.2) is 0 Å². The third kappa shape index (κ3) is 3.35. The SMILES string of the molecule is Cc1cccc(C(=O)NNC(=O)c2ccc(N)cc2)c1. The Bertz CT molecular complexity index is 636. The van der Waals surface area contributed by atoms with E-state index in [0.717, 1.165) is 5.56 Å². The van der Waals surface area contributed by atoms with Gasteiger partial charge in [-0.2, -0.15) is 0 Å². The third-order valence-electron chi connectivity index (χ3n) is 2.74. The van der Waals surface area contributed by atoms with E-state index in [9.17, 15) is 9.59 Å². The van der Waals surface area contributed by atoms with Crippen LogP contribution >= 0.6 is 0 Å². The molecule has 2 amide bonds. The molecule has 4 N–H and O–H groups in total. The summed E-state index contributed by atoms with van der Waals surface area (Å²) in [5.74, 6) is -0.761. The molecule has 0 aliphatic carbocycles. The minimum atomic E-state index is -0.397. The van der Waals surface area contributed by atoms with Crippen molar-refractivity contribution in [3.8, 4) is 0 Å². The van der Waals surface area contributed by atoms with Crippen LogP contribution in [0.3, 0.4) is 0 Å². The first kappa shape index (κ1) is 13.6. The number of hydrogen-bond acceptors (Lipinski definition) is 3. The number of hydrazine groups is 1. The third-order valence-corrected chi connectivity index (χ3v) is 2.74. The number of rotatable bonds is 2. The van der Waals surface area contributed by atoms with Crippen molar-refractivity contribution in [2.45, 2.75) is 6.92 Å². The van der Waals surface area contributed by atoms with Crippen LogP contribution in [0.1, 0.15) is 26.3 Å². The lowest BCUT2D eigenvalue weighted by Gasteiger charge is -2.08. The average Bonchev–Trinajstić information content (AvgIpc) is 2.45. The summed E-state index contributed by atoms with van der Waals surface area (Å²) in [6, 6.07) is 13.5. The molecule has 2 aromatic carbocycles. The van der Waals surface area contributed by atoms with Gasteiger partial charge < -0.3 is 5.73 Å². The Balaban J connectivity index is 1.96. The summed E-state index contributed by atoms with van der Waals surface area (Å²) in [7, 11) is 0. The zero-order valence-corrected chi connectivity index (χ0v) is 11.0. The lowest BCUT2D eigenvalue weighted by molar-refractivity contribution is 0.0846. The summed E-state index contributed by atoms with van der Waals surface area (Å²) in [6.45, 7) is 1.89. The molecule has 2 rings (SSSR count). The van der Waals surface area contributed by atoms with E-state index in [-0.39, 0.29) is 5.91 Å². The van der Waals surface area contributed by atoms with Gasteiger partial charge in [-0.3, -0.25) is 20.4 Å². The van der Waals surface area contributed by atoms with Crippen LogP contribution in [0.5, 0.6) is 0 Å². The van der Waals surface area contributed by atoms with Crippen molar-refractivity contribution in [2.24, 2.45) is 0 Å². The second-order valence-electron chi connectivity index (χ2n) is 4.40. The molecule has 0 saturated heterocycles. The van der Waals surface area contributed by atoms with Gasteiger partial charge in [0.25, 0.3) is 11.8 Å². The van der Waals surface area contributed by atoms with E-state index < -0.39 is 5.91 Å². The van der Waals surface area contributed by atoms with Gasteiger partial charge in [-0.15, -0.1) is 0 Å². The first-order valence-electron chi connectivity index (χ1n) is 6.09. The van der Waals surface area contributed by atoms with E-state index in [1.165, 1.54) is 0 Å². The van der Waals surface area contributed by atoms with E-state index in [0.29, 0.717) is 16.8 Å². The summed E-state index contributed by atoms with van der Waals surface area (Å²) < 4.78 is 0. The van der Waals surface area contributed by atoms with Crippen LogP contribution in [0.4, 0.5) is 5.69 Å². The van der Waals surface area contributed by atoms with Crippen molar-refractivity contribution < 1.29 is 9.59 Å². The Kier molecular flexibility index (Phi) is 4.00. The summed E-state index contributed by atoms with van der Waals surface area (Å²) in [5.41, 5.74) is 12.7. The fourth-order valence-corrected chi connectivity index (χ4v) is 1.68. The monoisotopic (exact) mass is 269 g/mol. The lowest BCUT2D eigenvalue weighted by atomic mass is 10.1. The number of carbonyl (C=O) groups is 2. The number of amides is 2. The standard InChI is InChI=1S/C15H15N3O2/c1-10-3-2-4-12(9-10)15(20)18-17-14(19)11-5-7-13(16)8-6-11/h2-9H,16H2,1H3,(H,17,19)(H,18,20). The van der Waals surface area contributed by atoms with Gasteiger partial charge in [-0.05, 0) is 43.3 Å². The molecule has 0 fully saturated rings. The molecule has 0 radical (unpaired) electrons. The maximum absolute atomic E-state index is 11.8. The highest BCUT2D eigenvalue weighted by Crippen LogP contribution is 2.05. The van der Waals surface area contributed by atoms with Gasteiger partial charge in [-0.1, -0.05) is 17.7 Å². The molecule has 0 aliphatic heterocycles. The van der Waals surface area contributed by atoms with E-state index >= 15 is 0 Å². The Labute approximate surface area is 116 Å². The average molecular weight is 269 g/mol. The highest BCUT2D eigenvalue weighted by atomic mass is 16.2. The Morgan fingerprint density at radius 1 is 0.900 bits per heavy atom. The quantitative estimate of drug-likeness (QED) is 0.572. The molecule has 20 heavy (non-hydrogen) atoms. The van der Waals surface area contributed by atoms with Crippen molar-refractivity contribution >= 4 is 17.5 Å². The van der Waals surface area contributed by atoms with E-state index in [1.54, 1.807) is 42.5 Å². The van der Waals surface area contributed by atoms with Crippen molar-refractivity contribution in [1.29, 1.82) is 0 Å². The molecule has 102 valence electrons. The number of nitrogen functional groups attached to an aromatic ring is 1. The van der Waals surface area contributed by atoms with Crippen molar-refractivity contribution in [1.82, 2.24) is 10.9 Å². The second-order valence-corrected chi connectivity index (χ2v) is 4.40. The number of nitrogens with two attached hydrogens (primary N) is 1. The number of carbonyl (C=O) groups excluding carboxylic acids is 2. The molecule has 0 unspecified atom stereocenters. The summed E-state index contributed by atoms with van der Waals surface area (Å²) in [5, 5.41) is 0. The summed E-state index contributed by atoms with van der Waals surface area (Å²) >= 11 is 0. The van der Waals surface area contributed by atoms with Crippen LogP contribution in [-0.2, 0) is 0 Å². The smallest absolute Gasteiger partial charge is 0.269 e. The highest BCUT2D eigenvalue weighted by Gasteiger charge is 2.08. The number of benzene rings is 2. The highest BCUT2D eigenvalue weighted by molar-refractivity contribution is 5.99. The predicted molar refractivity (Wildman–Crippen MR) is 77.0 cm³/mol. The van der Waals surface area contributed by atoms with Crippen molar-refractivity contribution in [3.63, 3.8) is 0 Å². The number of aryl methyl sites for hydroxylation is 1. The normalized spacial score (nSPS) is 9.85. The molecule has 0 aromatic heterocycles. The molecule has 0 atom stereocenters. The number of nitrogens with one attached hydrogen (secondary N) is 2. The molecule has 5 nitrogen and oxygen atoms in total.